The van der Waals surface area contributed by atoms with Gasteiger partial charge < -0.3 is 10.4 Å². The van der Waals surface area contributed by atoms with Crippen LogP contribution in [-0.2, 0) is 4.79 Å². The molecule has 106 valence electrons. The van der Waals surface area contributed by atoms with Crippen molar-refractivity contribution >= 4 is 5.91 Å². The monoisotopic (exact) mass is 263 g/mol. The van der Waals surface area contributed by atoms with Gasteiger partial charge in [0.2, 0.25) is 11.8 Å². The standard InChI is InChI=1S/C13H23F2NO2/c1-9(2)12(3,18)8-16-11(17)10-4-6-13(14,15)7-5-10/h9-10,18H,4-8H2,1-3H3,(H,16,17). The Hall–Kier alpha value is -0.710. The Morgan fingerprint density at radius 1 is 1.44 bits per heavy atom. The van der Waals surface area contributed by atoms with Crippen LogP contribution in [0.25, 0.3) is 0 Å². The molecule has 0 aliphatic heterocycles. The van der Waals surface area contributed by atoms with Crippen LogP contribution < -0.4 is 5.32 Å². The van der Waals surface area contributed by atoms with Crippen LogP contribution in [0.1, 0.15) is 46.5 Å². The number of aliphatic hydroxyl groups is 1. The van der Waals surface area contributed by atoms with Crippen LogP contribution in [-0.4, -0.2) is 29.1 Å². The molecular formula is C13H23F2NO2. The van der Waals surface area contributed by atoms with Gasteiger partial charge in [0.1, 0.15) is 0 Å². The Kier molecular flexibility index (Phi) is 4.70. The van der Waals surface area contributed by atoms with E-state index in [4.69, 9.17) is 0 Å². The minimum atomic E-state index is -2.61. The van der Waals surface area contributed by atoms with E-state index < -0.39 is 11.5 Å². The van der Waals surface area contributed by atoms with Crippen LogP contribution in [0.15, 0.2) is 0 Å². The summed E-state index contributed by atoms with van der Waals surface area (Å²) in [6, 6.07) is 0. The molecule has 1 saturated carbocycles. The zero-order chi connectivity index (χ0) is 14.0. The zero-order valence-corrected chi connectivity index (χ0v) is 11.3. The highest BCUT2D eigenvalue weighted by atomic mass is 19.3. The van der Waals surface area contributed by atoms with Gasteiger partial charge in [-0.3, -0.25) is 4.79 Å². The summed E-state index contributed by atoms with van der Waals surface area (Å²) in [5, 5.41) is 12.7. The number of carbonyl (C=O) groups excluding carboxylic acids is 1. The fourth-order valence-corrected chi connectivity index (χ4v) is 1.92. The van der Waals surface area contributed by atoms with Crippen LogP contribution in [0.4, 0.5) is 8.78 Å². The van der Waals surface area contributed by atoms with E-state index in [-0.39, 0.29) is 50.0 Å². The molecule has 3 nitrogen and oxygen atoms in total. The molecule has 1 unspecified atom stereocenters. The van der Waals surface area contributed by atoms with Crippen LogP contribution in [0.2, 0.25) is 0 Å². The van der Waals surface area contributed by atoms with Crippen molar-refractivity contribution in [2.75, 3.05) is 6.54 Å². The van der Waals surface area contributed by atoms with E-state index in [2.05, 4.69) is 5.32 Å². The van der Waals surface area contributed by atoms with Crippen molar-refractivity contribution < 1.29 is 18.7 Å². The third-order valence-electron chi connectivity index (χ3n) is 3.95. The van der Waals surface area contributed by atoms with Crippen LogP contribution >= 0.6 is 0 Å². The molecule has 0 heterocycles. The highest BCUT2D eigenvalue weighted by Crippen LogP contribution is 2.36. The largest absolute Gasteiger partial charge is 0.388 e. The van der Waals surface area contributed by atoms with Gasteiger partial charge in [0.15, 0.2) is 0 Å². The number of amides is 1. The molecule has 18 heavy (non-hydrogen) atoms. The highest BCUT2D eigenvalue weighted by Gasteiger charge is 2.37. The number of alkyl halides is 2. The summed E-state index contributed by atoms with van der Waals surface area (Å²) in [5.41, 5.74) is -0.964. The van der Waals surface area contributed by atoms with E-state index in [0.717, 1.165) is 0 Å². The maximum Gasteiger partial charge on any atom is 0.248 e. The SMILES string of the molecule is CC(C)C(C)(O)CNC(=O)C1CCC(F)(F)CC1. The number of nitrogens with one attached hydrogen (secondary N) is 1. The lowest BCUT2D eigenvalue weighted by Crippen LogP contribution is -2.46. The molecule has 2 N–H and O–H groups in total. The molecule has 0 spiro atoms. The molecule has 0 aromatic rings. The second-order valence-corrected chi connectivity index (χ2v) is 5.86. The van der Waals surface area contributed by atoms with E-state index in [9.17, 15) is 18.7 Å². The molecule has 1 rings (SSSR count). The van der Waals surface area contributed by atoms with Gasteiger partial charge in [-0.25, -0.2) is 8.78 Å². The van der Waals surface area contributed by atoms with Gasteiger partial charge in [0.05, 0.1) is 5.60 Å². The van der Waals surface area contributed by atoms with Gasteiger partial charge in [-0.1, -0.05) is 13.8 Å². The van der Waals surface area contributed by atoms with E-state index in [1.54, 1.807) is 6.92 Å². The average Bonchev–Trinajstić information content (AvgIpc) is 2.25. The molecule has 0 radical (unpaired) electrons. The Labute approximate surface area is 107 Å². The van der Waals surface area contributed by atoms with Gasteiger partial charge in [-0.05, 0) is 25.7 Å². The molecule has 0 aromatic heterocycles. The van der Waals surface area contributed by atoms with Crippen molar-refractivity contribution in [3.63, 3.8) is 0 Å². The highest BCUT2D eigenvalue weighted by molar-refractivity contribution is 5.78. The first kappa shape index (κ1) is 15.3. The summed E-state index contributed by atoms with van der Waals surface area (Å²) in [6.07, 6.45) is 0.0165. The fourth-order valence-electron chi connectivity index (χ4n) is 1.92. The van der Waals surface area contributed by atoms with Crippen LogP contribution in [0.5, 0.6) is 0 Å². The number of halogens is 2. The van der Waals surface area contributed by atoms with Crippen LogP contribution in [0, 0.1) is 11.8 Å². The van der Waals surface area contributed by atoms with Gasteiger partial charge in [0.25, 0.3) is 0 Å². The average molecular weight is 263 g/mol. The lowest BCUT2D eigenvalue weighted by Gasteiger charge is -2.31. The van der Waals surface area contributed by atoms with Crippen LogP contribution in [0.3, 0.4) is 0 Å². The zero-order valence-electron chi connectivity index (χ0n) is 11.3. The second-order valence-electron chi connectivity index (χ2n) is 5.86. The first-order chi connectivity index (χ1) is 8.14. The third kappa shape index (κ3) is 4.19. The van der Waals surface area contributed by atoms with Crippen molar-refractivity contribution in [3.05, 3.63) is 0 Å². The second kappa shape index (κ2) is 5.51. The summed E-state index contributed by atoms with van der Waals surface area (Å²) in [6.45, 7) is 5.56. The molecule has 1 atom stereocenters. The maximum atomic E-state index is 13.0. The van der Waals surface area contributed by atoms with E-state index in [1.165, 1.54) is 0 Å². The molecular weight excluding hydrogens is 240 g/mol. The molecule has 0 bridgehead atoms. The first-order valence-corrected chi connectivity index (χ1v) is 6.52. The number of rotatable bonds is 4. The molecule has 5 heteroatoms. The Morgan fingerprint density at radius 2 is 1.94 bits per heavy atom. The van der Waals surface area contributed by atoms with E-state index in [1.807, 2.05) is 13.8 Å². The van der Waals surface area contributed by atoms with E-state index in [0.29, 0.717) is 0 Å². The van der Waals surface area contributed by atoms with Gasteiger partial charge in [-0.15, -0.1) is 0 Å². The lowest BCUT2D eigenvalue weighted by molar-refractivity contribution is -0.130. The number of hydrogen-bond donors (Lipinski definition) is 2. The third-order valence-corrected chi connectivity index (χ3v) is 3.95. The normalized spacial score (nSPS) is 23.7. The summed E-state index contributed by atoms with van der Waals surface area (Å²) in [5.74, 6) is -3.15. The smallest absolute Gasteiger partial charge is 0.248 e. The lowest BCUT2D eigenvalue weighted by atomic mass is 9.86. The van der Waals surface area contributed by atoms with Crippen molar-refractivity contribution in [1.82, 2.24) is 5.32 Å². The quantitative estimate of drug-likeness (QED) is 0.818. The van der Waals surface area contributed by atoms with Gasteiger partial charge >= 0.3 is 0 Å². The Bertz CT molecular complexity index is 293. The number of carbonyl (C=O) groups is 1. The van der Waals surface area contributed by atoms with Crippen molar-refractivity contribution in [1.29, 1.82) is 0 Å². The number of hydrogen-bond acceptors (Lipinski definition) is 2. The first-order valence-electron chi connectivity index (χ1n) is 6.52. The van der Waals surface area contributed by atoms with Gasteiger partial charge in [-0.2, -0.15) is 0 Å². The molecule has 0 saturated heterocycles. The molecule has 1 aliphatic carbocycles. The summed E-state index contributed by atoms with van der Waals surface area (Å²) in [7, 11) is 0. The van der Waals surface area contributed by atoms with Crippen molar-refractivity contribution in [2.24, 2.45) is 11.8 Å². The molecule has 0 aromatic carbocycles. The predicted octanol–water partition coefficient (Wildman–Crippen LogP) is 2.34. The minimum Gasteiger partial charge on any atom is -0.388 e. The summed E-state index contributed by atoms with van der Waals surface area (Å²) >= 11 is 0. The fraction of sp³-hybridized carbons (Fsp3) is 0.923. The van der Waals surface area contributed by atoms with Crippen molar-refractivity contribution in [2.45, 2.75) is 58.0 Å². The predicted molar refractivity (Wildman–Crippen MR) is 65.4 cm³/mol. The summed E-state index contributed by atoms with van der Waals surface area (Å²) < 4.78 is 25.9. The minimum absolute atomic E-state index is 0.0217. The Balaban J connectivity index is 2.39. The van der Waals surface area contributed by atoms with Crippen molar-refractivity contribution in [3.8, 4) is 0 Å². The maximum absolute atomic E-state index is 13.0. The molecule has 1 aliphatic rings. The van der Waals surface area contributed by atoms with E-state index >= 15 is 0 Å². The molecule has 1 amide bonds. The topological polar surface area (TPSA) is 49.3 Å². The van der Waals surface area contributed by atoms with Gasteiger partial charge in [0, 0.05) is 25.3 Å². The molecule has 1 fully saturated rings. The Morgan fingerprint density at radius 3 is 2.39 bits per heavy atom. The summed E-state index contributed by atoms with van der Waals surface area (Å²) in [4.78, 5) is 11.8.